The normalized spacial score (nSPS) is 16.2. The fraction of sp³-hybridized carbons (Fsp3) is 0.0930. The number of carbonyl (C=O) groups is 1. The van der Waals surface area contributed by atoms with Crippen molar-refractivity contribution in [1.29, 1.82) is 0 Å². The van der Waals surface area contributed by atoms with Gasteiger partial charge in [0.2, 0.25) is 11.6 Å². The van der Waals surface area contributed by atoms with Gasteiger partial charge in [-0.3, -0.25) is 9.48 Å². The molecular formula is C43H38FN8O3+. The maximum absolute atomic E-state index is 13.5. The van der Waals surface area contributed by atoms with E-state index >= 15 is 0 Å². The summed E-state index contributed by atoms with van der Waals surface area (Å²) in [6, 6.07) is 34.0. The molecule has 4 aromatic carbocycles. The molecule has 1 aliphatic rings. The fourth-order valence-corrected chi connectivity index (χ4v) is 5.88. The number of pyridine rings is 1. The second-order valence-electron chi connectivity index (χ2n) is 13.0. The summed E-state index contributed by atoms with van der Waals surface area (Å²) in [6.45, 7) is 5.22. The Morgan fingerprint density at radius 1 is 0.927 bits per heavy atom. The van der Waals surface area contributed by atoms with E-state index in [2.05, 4.69) is 44.5 Å². The Hall–Kier alpha value is -7.18. The lowest BCUT2D eigenvalue weighted by Gasteiger charge is -2.21. The summed E-state index contributed by atoms with van der Waals surface area (Å²) in [4.78, 5) is 26.4. The van der Waals surface area contributed by atoms with Gasteiger partial charge in [0.1, 0.15) is 17.1 Å². The predicted molar refractivity (Wildman–Crippen MR) is 212 cm³/mol. The Balaban J connectivity index is 1.20. The minimum Gasteiger partial charge on any atom is -0.438 e. The van der Waals surface area contributed by atoms with Crippen LogP contribution in [0.1, 0.15) is 27.0 Å². The van der Waals surface area contributed by atoms with Gasteiger partial charge in [0.05, 0.1) is 11.8 Å². The number of guanidine groups is 1. The van der Waals surface area contributed by atoms with Gasteiger partial charge in [0.15, 0.2) is 18.2 Å². The number of ether oxygens (including phenoxy) is 1. The number of anilines is 2. The maximum atomic E-state index is 13.5. The van der Waals surface area contributed by atoms with Crippen LogP contribution in [0.4, 0.5) is 15.8 Å². The first-order valence-corrected chi connectivity index (χ1v) is 17.4. The third-order valence-electron chi connectivity index (χ3n) is 8.44. The van der Waals surface area contributed by atoms with Crippen molar-refractivity contribution >= 4 is 40.5 Å². The lowest BCUT2D eigenvalue weighted by Crippen LogP contribution is -2.31. The summed E-state index contributed by atoms with van der Waals surface area (Å²) in [6.07, 6.45) is 7.03. The van der Waals surface area contributed by atoms with Gasteiger partial charge in [-0.1, -0.05) is 43.0 Å². The molecule has 0 aliphatic carbocycles. The van der Waals surface area contributed by atoms with Crippen molar-refractivity contribution in [2.45, 2.75) is 6.54 Å². The van der Waals surface area contributed by atoms with Crippen LogP contribution in [0.25, 0.3) is 17.0 Å². The lowest BCUT2D eigenvalue weighted by molar-refractivity contribution is -0.595. The molecule has 0 saturated carbocycles. The minimum atomic E-state index is -0.333. The number of hydrogen-bond donors (Lipinski definition) is 2. The highest BCUT2D eigenvalue weighted by atomic mass is 19.1. The van der Waals surface area contributed by atoms with Gasteiger partial charge < -0.3 is 25.1 Å². The Labute approximate surface area is 318 Å². The van der Waals surface area contributed by atoms with Gasteiger partial charge in [0.25, 0.3) is 11.9 Å². The van der Waals surface area contributed by atoms with Crippen molar-refractivity contribution in [1.82, 2.24) is 14.7 Å². The van der Waals surface area contributed by atoms with Crippen LogP contribution >= 0.6 is 0 Å². The van der Waals surface area contributed by atoms with Crippen molar-refractivity contribution in [2.24, 2.45) is 17.2 Å². The van der Waals surface area contributed by atoms with Crippen LogP contribution < -0.4 is 19.9 Å². The Bertz CT molecular complexity index is 2440. The Morgan fingerprint density at radius 2 is 1.71 bits per heavy atom. The summed E-state index contributed by atoms with van der Waals surface area (Å²) < 4.78 is 23.4. The van der Waals surface area contributed by atoms with Crippen LogP contribution in [-0.2, 0) is 18.4 Å². The number of para-hydroxylation sites is 1. The van der Waals surface area contributed by atoms with E-state index in [0.717, 1.165) is 29.0 Å². The molecule has 6 aromatic rings. The number of hydrogen-bond acceptors (Lipinski definition) is 8. The number of nitrogens with zero attached hydrogens (tertiary/aromatic N) is 6. The highest BCUT2D eigenvalue weighted by Gasteiger charge is 2.26. The van der Waals surface area contributed by atoms with Gasteiger partial charge in [-0.25, -0.2) is 4.39 Å². The van der Waals surface area contributed by atoms with Gasteiger partial charge in [0, 0.05) is 60.5 Å². The minimum absolute atomic E-state index is 0.133. The number of benzene rings is 4. The zero-order chi connectivity index (χ0) is 38.3. The summed E-state index contributed by atoms with van der Waals surface area (Å²) in [5.74, 6) is 0.518. The third kappa shape index (κ3) is 8.90. The van der Waals surface area contributed by atoms with Crippen LogP contribution in [0.5, 0.6) is 5.75 Å². The van der Waals surface area contributed by atoms with E-state index < -0.39 is 0 Å². The average Bonchev–Trinajstić information content (AvgIpc) is 3.62. The number of nitrogens with one attached hydrogen (secondary N) is 2. The standard InChI is InChI=1S/C43H37FN8O3/c1-29-39(31-11-8-10-30(24-31)26-50(2)3)40(33-25-45-51(4)27-33)55-49-43(47-35-13-6-5-7-14-35)48-42(29)54-38-21-17-36(18-22-38)46-41(53)32-12-9-23-52(28-32)37-19-15-34(44)16-20-37/h5-25,27-28H,1,26H2,2-4H3,(H-,46,47,49,53)/p+1/b40-39+,48-42+. The monoisotopic (exact) mass is 733 g/mol. The number of amides is 1. The smallest absolute Gasteiger partial charge is 0.268 e. The van der Waals surface area contributed by atoms with Gasteiger partial charge in [-0.05, 0) is 91.0 Å². The van der Waals surface area contributed by atoms with Crippen LogP contribution in [-0.4, -0.2) is 46.5 Å². The molecule has 274 valence electrons. The third-order valence-corrected chi connectivity index (χ3v) is 8.44. The van der Waals surface area contributed by atoms with Gasteiger partial charge >= 0.3 is 0 Å². The highest BCUT2D eigenvalue weighted by Crippen LogP contribution is 2.36. The molecule has 0 radical (unpaired) electrons. The summed E-state index contributed by atoms with van der Waals surface area (Å²) in [5, 5.41) is 15.0. The number of halogens is 1. The van der Waals surface area contributed by atoms with Gasteiger partial charge in [-0.2, -0.15) is 14.7 Å². The van der Waals surface area contributed by atoms with Crippen molar-refractivity contribution in [3.63, 3.8) is 0 Å². The SMILES string of the molecule is C=C1/C(c2cccc(CN(C)C)c2)=C(/c2cnn(C)c2)O/N=C(Nc2ccccc2)\N=C/1Oc1ccc(NC(=O)c2ccc[n+](-c3ccc(F)cc3)c2)cc1. The number of aromatic nitrogens is 3. The first kappa shape index (κ1) is 36.2. The van der Waals surface area contributed by atoms with Gasteiger partial charge in [-0.15, -0.1) is 0 Å². The zero-order valence-electron chi connectivity index (χ0n) is 30.5. The van der Waals surface area contributed by atoms with Crippen LogP contribution in [0, 0.1) is 5.82 Å². The molecule has 2 N–H and O–H groups in total. The molecule has 0 unspecified atom stereocenters. The quantitative estimate of drug-likeness (QED) is 0.149. The van der Waals surface area contributed by atoms with Crippen molar-refractivity contribution in [3.8, 4) is 11.4 Å². The molecule has 55 heavy (non-hydrogen) atoms. The molecule has 0 spiro atoms. The first-order valence-electron chi connectivity index (χ1n) is 17.4. The molecule has 2 aromatic heterocycles. The highest BCUT2D eigenvalue weighted by molar-refractivity contribution is 6.18. The van der Waals surface area contributed by atoms with E-state index in [-0.39, 0.29) is 23.6 Å². The fourth-order valence-electron chi connectivity index (χ4n) is 5.88. The van der Waals surface area contributed by atoms with E-state index in [1.807, 2.05) is 69.8 Å². The predicted octanol–water partition coefficient (Wildman–Crippen LogP) is 7.47. The average molecular weight is 734 g/mol. The lowest BCUT2D eigenvalue weighted by atomic mass is 9.94. The van der Waals surface area contributed by atoms with E-state index in [0.29, 0.717) is 39.5 Å². The number of aryl methyl sites for hydroxylation is 1. The first-order chi connectivity index (χ1) is 26.7. The van der Waals surface area contributed by atoms with E-state index in [4.69, 9.17) is 14.6 Å². The molecule has 3 heterocycles. The maximum Gasteiger partial charge on any atom is 0.268 e. The van der Waals surface area contributed by atoms with E-state index in [1.165, 1.54) is 12.1 Å². The van der Waals surface area contributed by atoms with Crippen LogP contribution in [0.2, 0.25) is 0 Å². The number of oxime groups is 1. The molecule has 0 fully saturated rings. The Morgan fingerprint density at radius 3 is 2.44 bits per heavy atom. The van der Waals surface area contributed by atoms with Crippen LogP contribution in [0.15, 0.2) is 162 Å². The number of aliphatic imine (C=N–C) groups is 1. The summed E-state index contributed by atoms with van der Waals surface area (Å²) in [5.41, 5.74) is 6.10. The molecule has 7 rings (SSSR count). The molecule has 12 heteroatoms. The zero-order valence-corrected chi connectivity index (χ0v) is 30.5. The number of carbonyl (C=O) groups excluding carboxylic acids is 1. The van der Waals surface area contributed by atoms with Crippen molar-refractivity contribution < 1.29 is 23.3 Å². The summed E-state index contributed by atoms with van der Waals surface area (Å²) >= 11 is 0. The molecule has 1 amide bonds. The summed E-state index contributed by atoms with van der Waals surface area (Å²) in [7, 11) is 5.86. The molecule has 0 saturated heterocycles. The Kier molecular flexibility index (Phi) is 10.7. The second kappa shape index (κ2) is 16.2. The second-order valence-corrected chi connectivity index (χ2v) is 13.0. The molecule has 0 atom stereocenters. The largest absolute Gasteiger partial charge is 0.438 e. The molecular weight excluding hydrogens is 696 g/mol. The van der Waals surface area contributed by atoms with Crippen LogP contribution in [0.3, 0.4) is 0 Å². The van der Waals surface area contributed by atoms with E-state index in [9.17, 15) is 9.18 Å². The van der Waals surface area contributed by atoms with E-state index in [1.54, 1.807) is 76.4 Å². The van der Waals surface area contributed by atoms with Crippen molar-refractivity contribution in [2.75, 3.05) is 24.7 Å². The number of rotatable bonds is 9. The van der Waals surface area contributed by atoms with Crippen molar-refractivity contribution in [3.05, 3.63) is 180 Å². The molecule has 11 nitrogen and oxygen atoms in total. The molecule has 0 bridgehead atoms. The molecule has 1 aliphatic heterocycles. The topological polar surface area (TPSA) is 109 Å².